The summed E-state index contributed by atoms with van der Waals surface area (Å²) in [5.74, 6) is 0.982. The van der Waals surface area contributed by atoms with Gasteiger partial charge in [-0.05, 0) is 60.2 Å². The lowest BCUT2D eigenvalue weighted by Gasteiger charge is -2.11. The van der Waals surface area contributed by atoms with Gasteiger partial charge in [-0.2, -0.15) is 0 Å². The standard InChI is InChI=1S/C23H18ClN3O3S/c24-21-7-1-2-8-22(21)30-19-9-11-20(12-10-19)31(28,29)27-16-18-6-4-14-26-23(18)17-5-3-13-25-15-17/h1-15,27H,16H2. The number of nitrogens with zero attached hydrogens (tertiary/aromatic N) is 2. The summed E-state index contributed by atoms with van der Waals surface area (Å²) in [5.41, 5.74) is 2.25. The van der Waals surface area contributed by atoms with Crippen LogP contribution in [0.25, 0.3) is 11.3 Å². The monoisotopic (exact) mass is 451 g/mol. The van der Waals surface area contributed by atoms with Crippen molar-refractivity contribution >= 4 is 21.6 Å². The summed E-state index contributed by atoms with van der Waals surface area (Å²) in [4.78, 5) is 8.61. The van der Waals surface area contributed by atoms with Gasteiger partial charge in [-0.1, -0.05) is 29.8 Å². The van der Waals surface area contributed by atoms with Gasteiger partial charge in [0.05, 0.1) is 15.6 Å². The minimum atomic E-state index is -3.73. The van der Waals surface area contributed by atoms with E-state index in [1.54, 1.807) is 55.0 Å². The fourth-order valence-electron chi connectivity index (χ4n) is 2.94. The Balaban J connectivity index is 1.48. The van der Waals surface area contributed by atoms with Crippen LogP contribution in [0.1, 0.15) is 5.56 Å². The van der Waals surface area contributed by atoms with Crippen molar-refractivity contribution in [1.29, 1.82) is 0 Å². The molecule has 0 atom stereocenters. The number of nitrogens with one attached hydrogen (secondary N) is 1. The first-order chi connectivity index (χ1) is 15.0. The highest BCUT2D eigenvalue weighted by Crippen LogP contribution is 2.29. The second kappa shape index (κ2) is 9.26. The molecule has 0 amide bonds. The fourth-order valence-corrected chi connectivity index (χ4v) is 4.12. The van der Waals surface area contributed by atoms with Crippen molar-refractivity contribution in [2.75, 3.05) is 0 Å². The van der Waals surface area contributed by atoms with Gasteiger partial charge >= 0.3 is 0 Å². The SMILES string of the molecule is O=S(=O)(NCc1cccnc1-c1cccnc1)c1ccc(Oc2ccccc2Cl)cc1. The molecule has 8 heteroatoms. The maximum Gasteiger partial charge on any atom is 0.240 e. The largest absolute Gasteiger partial charge is 0.456 e. The molecule has 2 aromatic heterocycles. The van der Waals surface area contributed by atoms with E-state index in [1.165, 1.54) is 12.1 Å². The summed E-state index contributed by atoms with van der Waals surface area (Å²) >= 11 is 6.09. The third-order valence-electron chi connectivity index (χ3n) is 4.48. The van der Waals surface area contributed by atoms with Gasteiger partial charge in [0.1, 0.15) is 11.5 Å². The van der Waals surface area contributed by atoms with Crippen molar-refractivity contribution in [2.24, 2.45) is 0 Å². The molecule has 4 aromatic rings. The molecule has 1 N–H and O–H groups in total. The average molecular weight is 452 g/mol. The molecule has 4 rings (SSSR count). The Labute approximate surface area is 185 Å². The van der Waals surface area contributed by atoms with Crippen LogP contribution in [0, 0.1) is 0 Å². The molecule has 0 spiro atoms. The van der Waals surface area contributed by atoms with Crippen molar-refractivity contribution < 1.29 is 13.2 Å². The lowest BCUT2D eigenvalue weighted by molar-refractivity contribution is 0.482. The van der Waals surface area contributed by atoms with Crippen LogP contribution in [0.15, 0.2) is 96.3 Å². The second-order valence-electron chi connectivity index (χ2n) is 6.58. The third-order valence-corrected chi connectivity index (χ3v) is 6.21. The molecular formula is C23H18ClN3O3S. The van der Waals surface area contributed by atoms with Crippen LogP contribution in [-0.4, -0.2) is 18.4 Å². The molecule has 0 saturated carbocycles. The summed E-state index contributed by atoms with van der Waals surface area (Å²) < 4.78 is 33.9. The minimum absolute atomic E-state index is 0.0955. The number of pyridine rings is 2. The van der Waals surface area contributed by atoms with Crippen molar-refractivity contribution in [3.05, 3.63) is 102 Å². The number of sulfonamides is 1. The van der Waals surface area contributed by atoms with Crippen molar-refractivity contribution in [3.8, 4) is 22.8 Å². The molecule has 0 aliphatic rings. The van der Waals surface area contributed by atoms with E-state index >= 15 is 0 Å². The maximum atomic E-state index is 12.8. The van der Waals surface area contributed by atoms with Crippen LogP contribution in [0.5, 0.6) is 11.5 Å². The van der Waals surface area contributed by atoms with Crippen molar-refractivity contribution in [1.82, 2.24) is 14.7 Å². The molecule has 2 aromatic carbocycles. The van der Waals surface area contributed by atoms with Gasteiger partial charge in [-0.15, -0.1) is 0 Å². The highest BCUT2D eigenvalue weighted by Gasteiger charge is 2.16. The predicted molar refractivity (Wildman–Crippen MR) is 119 cm³/mol. The van der Waals surface area contributed by atoms with Crippen LogP contribution in [0.2, 0.25) is 5.02 Å². The molecule has 0 radical (unpaired) electrons. The fraction of sp³-hybridized carbons (Fsp3) is 0.0435. The molecule has 156 valence electrons. The molecule has 6 nitrogen and oxygen atoms in total. The van der Waals surface area contributed by atoms with E-state index in [0.29, 0.717) is 22.2 Å². The van der Waals surface area contributed by atoms with Gasteiger partial charge in [0, 0.05) is 30.7 Å². The third kappa shape index (κ3) is 5.08. The number of para-hydroxylation sites is 1. The van der Waals surface area contributed by atoms with Crippen molar-refractivity contribution in [2.45, 2.75) is 11.4 Å². The van der Waals surface area contributed by atoms with Gasteiger partial charge in [0.2, 0.25) is 10.0 Å². The number of ether oxygens (including phenoxy) is 1. The first kappa shape index (κ1) is 21.0. The number of hydrogen-bond acceptors (Lipinski definition) is 5. The second-order valence-corrected chi connectivity index (χ2v) is 8.76. The number of benzene rings is 2. The molecule has 0 bridgehead atoms. The normalized spacial score (nSPS) is 11.3. The molecule has 0 unspecified atom stereocenters. The number of hydrogen-bond donors (Lipinski definition) is 1. The molecule has 0 aliphatic heterocycles. The Morgan fingerprint density at radius 3 is 2.42 bits per heavy atom. The van der Waals surface area contributed by atoms with E-state index in [0.717, 1.165) is 11.1 Å². The molecule has 0 fully saturated rings. The van der Waals surface area contributed by atoms with Gasteiger partial charge in [-0.3, -0.25) is 9.97 Å². The van der Waals surface area contributed by atoms with E-state index in [1.807, 2.05) is 24.3 Å². The molecular weight excluding hydrogens is 434 g/mol. The van der Waals surface area contributed by atoms with Gasteiger partial charge < -0.3 is 4.74 Å². The highest BCUT2D eigenvalue weighted by molar-refractivity contribution is 7.89. The molecule has 2 heterocycles. The van der Waals surface area contributed by atoms with E-state index in [9.17, 15) is 8.42 Å². The Morgan fingerprint density at radius 1 is 0.903 bits per heavy atom. The first-order valence-electron chi connectivity index (χ1n) is 9.39. The zero-order chi connectivity index (χ0) is 21.7. The van der Waals surface area contributed by atoms with Crippen LogP contribution in [0.3, 0.4) is 0 Å². The van der Waals surface area contributed by atoms with E-state index < -0.39 is 10.0 Å². The Hall–Kier alpha value is -3.26. The zero-order valence-electron chi connectivity index (χ0n) is 16.3. The van der Waals surface area contributed by atoms with E-state index in [2.05, 4.69) is 14.7 Å². The number of halogens is 1. The smallest absolute Gasteiger partial charge is 0.240 e. The lowest BCUT2D eigenvalue weighted by atomic mass is 10.1. The topological polar surface area (TPSA) is 81.2 Å². The average Bonchev–Trinajstić information content (AvgIpc) is 2.80. The molecule has 31 heavy (non-hydrogen) atoms. The van der Waals surface area contributed by atoms with E-state index in [4.69, 9.17) is 16.3 Å². The van der Waals surface area contributed by atoms with Crippen LogP contribution in [-0.2, 0) is 16.6 Å². The first-order valence-corrected chi connectivity index (χ1v) is 11.3. The summed E-state index contributed by atoms with van der Waals surface area (Å²) in [6, 6.07) is 20.5. The van der Waals surface area contributed by atoms with E-state index in [-0.39, 0.29) is 11.4 Å². The zero-order valence-corrected chi connectivity index (χ0v) is 17.8. The summed E-state index contributed by atoms with van der Waals surface area (Å²) in [6.45, 7) is 0.0955. The molecule has 0 aliphatic carbocycles. The van der Waals surface area contributed by atoms with Crippen LogP contribution >= 0.6 is 11.6 Å². The number of rotatable bonds is 7. The van der Waals surface area contributed by atoms with Gasteiger partial charge in [0.15, 0.2) is 0 Å². The summed E-state index contributed by atoms with van der Waals surface area (Å²) in [6.07, 6.45) is 5.03. The minimum Gasteiger partial charge on any atom is -0.456 e. The maximum absolute atomic E-state index is 12.8. The van der Waals surface area contributed by atoms with Crippen LogP contribution in [0.4, 0.5) is 0 Å². The van der Waals surface area contributed by atoms with Crippen molar-refractivity contribution in [3.63, 3.8) is 0 Å². The van der Waals surface area contributed by atoms with Crippen LogP contribution < -0.4 is 9.46 Å². The lowest BCUT2D eigenvalue weighted by Crippen LogP contribution is -2.23. The summed E-state index contributed by atoms with van der Waals surface area (Å²) in [7, 11) is -3.73. The quantitative estimate of drug-likeness (QED) is 0.424. The number of aromatic nitrogens is 2. The Morgan fingerprint density at radius 2 is 1.68 bits per heavy atom. The Kier molecular flexibility index (Phi) is 6.27. The predicted octanol–water partition coefficient (Wildman–Crippen LogP) is 5.07. The Bertz CT molecular complexity index is 1280. The summed E-state index contributed by atoms with van der Waals surface area (Å²) in [5, 5.41) is 0.474. The van der Waals surface area contributed by atoms with Gasteiger partial charge in [0.25, 0.3) is 0 Å². The molecule has 0 saturated heterocycles. The highest BCUT2D eigenvalue weighted by atomic mass is 35.5. The van der Waals surface area contributed by atoms with Gasteiger partial charge in [-0.25, -0.2) is 13.1 Å².